The SMILES string of the molecule is CC(C)(C(=O)O)C1CCN(Cc2ccc(Cl)o2)CC1. The molecule has 19 heavy (non-hydrogen) atoms. The lowest BCUT2D eigenvalue weighted by molar-refractivity contribution is -0.151. The molecule has 0 saturated carbocycles. The largest absolute Gasteiger partial charge is 0.481 e. The van der Waals surface area contributed by atoms with Crippen molar-refractivity contribution in [2.24, 2.45) is 11.3 Å². The molecule has 0 bridgehead atoms. The van der Waals surface area contributed by atoms with Gasteiger partial charge in [-0.1, -0.05) is 0 Å². The molecule has 1 aromatic heterocycles. The van der Waals surface area contributed by atoms with Crippen LogP contribution in [-0.4, -0.2) is 29.1 Å². The number of furan rings is 1. The molecule has 0 aliphatic carbocycles. The molecule has 1 aromatic rings. The Morgan fingerprint density at radius 3 is 2.58 bits per heavy atom. The third-order valence-corrected chi connectivity index (χ3v) is 4.37. The highest BCUT2D eigenvalue weighted by atomic mass is 35.5. The number of piperidine rings is 1. The fourth-order valence-corrected chi connectivity index (χ4v) is 2.81. The van der Waals surface area contributed by atoms with E-state index in [4.69, 9.17) is 16.0 Å². The Labute approximate surface area is 118 Å². The van der Waals surface area contributed by atoms with Gasteiger partial charge in [-0.25, -0.2) is 0 Å². The number of carbonyl (C=O) groups is 1. The van der Waals surface area contributed by atoms with Crippen LogP contribution in [0.2, 0.25) is 5.22 Å². The minimum absolute atomic E-state index is 0.237. The van der Waals surface area contributed by atoms with Crippen LogP contribution in [0.15, 0.2) is 16.5 Å². The van der Waals surface area contributed by atoms with E-state index in [0.717, 1.165) is 38.2 Å². The first kappa shape index (κ1) is 14.4. The Bertz CT molecular complexity index is 447. The van der Waals surface area contributed by atoms with Crippen molar-refractivity contribution in [2.75, 3.05) is 13.1 Å². The Balaban J connectivity index is 1.87. The van der Waals surface area contributed by atoms with E-state index in [1.807, 2.05) is 19.9 Å². The monoisotopic (exact) mass is 285 g/mol. The number of nitrogens with zero attached hydrogens (tertiary/aromatic N) is 1. The summed E-state index contributed by atoms with van der Waals surface area (Å²) in [5.74, 6) is 0.395. The second-order valence-electron chi connectivity index (χ2n) is 5.78. The summed E-state index contributed by atoms with van der Waals surface area (Å²) < 4.78 is 5.35. The van der Waals surface area contributed by atoms with Crippen molar-refractivity contribution in [3.8, 4) is 0 Å². The normalized spacial score (nSPS) is 18.7. The van der Waals surface area contributed by atoms with Crippen LogP contribution < -0.4 is 0 Å². The van der Waals surface area contributed by atoms with Crippen LogP contribution in [0.3, 0.4) is 0 Å². The van der Waals surface area contributed by atoms with Crippen LogP contribution >= 0.6 is 11.6 Å². The first-order valence-corrected chi connectivity index (χ1v) is 6.97. The molecular weight excluding hydrogens is 266 g/mol. The van der Waals surface area contributed by atoms with E-state index < -0.39 is 11.4 Å². The number of aliphatic carboxylic acids is 1. The molecule has 2 heterocycles. The van der Waals surface area contributed by atoms with Gasteiger partial charge < -0.3 is 9.52 Å². The minimum atomic E-state index is -0.705. The molecule has 1 aliphatic heterocycles. The molecule has 5 heteroatoms. The zero-order valence-corrected chi connectivity index (χ0v) is 12.1. The first-order valence-electron chi connectivity index (χ1n) is 6.59. The molecule has 2 rings (SSSR count). The fraction of sp³-hybridized carbons (Fsp3) is 0.643. The molecule has 0 aromatic carbocycles. The van der Waals surface area contributed by atoms with Gasteiger partial charge in [0.05, 0.1) is 12.0 Å². The zero-order chi connectivity index (χ0) is 14.0. The zero-order valence-electron chi connectivity index (χ0n) is 11.4. The summed E-state index contributed by atoms with van der Waals surface area (Å²) in [4.78, 5) is 13.5. The minimum Gasteiger partial charge on any atom is -0.481 e. The van der Waals surface area contributed by atoms with Gasteiger partial charge in [-0.05, 0) is 69.4 Å². The van der Waals surface area contributed by atoms with Crippen molar-refractivity contribution in [1.82, 2.24) is 4.90 Å². The fourth-order valence-electron chi connectivity index (χ4n) is 2.64. The number of likely N-dealkylation sites (tertiary alicyclic amines) is 1. The third-order valence-electron chi connectivity index (χ3n) is 4.17. The Morgan fingerprint density at radius 2 is 2.11 bits per heavy atom. The second-order valence-corrected chi connectivity index (χ2v) is 6.16. The van der Waals surface area contributed by atoms with E-state index in [2.05, 4.69) is 4.90 Å². The topological polar surface area (TPSA) is 53.7 Å². The number of hydrogen-bond acceptors (Lipinski definition) is 3. The highest BCUT2D eigenvalue weighted by Gasteiger charge is 2.38. The highest BCUT2D eigenvalue weighted by Crippen LogP contribution is 2.35. The van der Waals surface area contributed by atoms with E-state index in [-0.39, 0.29) is 5.92 Å². The van der Waals surface area contributed by atoms with Gasteiger partial charge in [0.15, 0.2) is 5.22 Å². The standard InChI is InChI=1S/C14H20ClNO3/c1-14(2,13(17)18)10-5-7-16(8-6-10)9-11-3-4-12(15)19-11/h3-4,10H,5-9H2,1-2H3,(H,17,18). The number of carboxylic acids is 1. The van der Waals surface area contributed by atoms with Gasteiger partial charge in [0, 0.05) is 0 Å². The molecular formula is C14H20ClNO3. The lowest BCUT2D eigenvalue weighted by Crippen LogP contribution is -2.41. The van der Waals surface area contributed by atoms with E-state index in [1.54, 1.807) is 6.07 Å². The van der Waals surface area contributed by atoms with Crippen LogP contribution in [0, 0.1) is 11.3 Å². The van der Waals surface area contributed by atoms with Gasteiger partial charge in [0.2, 0.25) is 0 Å². The summed E-state index contributed by atoms with van der Waals surface area (Å²) in [5.41, 5.74) is -0.639. The summed E-state index contributed by atoms with van der Waals surface area (Å²) >= 11 is 5.75. The molecule has 1 aliphatic rings. The Kier molecular flexibility index (Phi) is 4.21. The van der Waals surface area contributed by atoms with Gasteiger partial charge in [-0.15, -0.1) is 0 Å². The molecule has 1 N–H and O–H groups in total. The van der Waals surface area contributed by atoms with Gasteiger partial charge >= 0.3 is 5.97 Å². The first-order chi connectivity index (χ1) is 8.89. The van der Waals surface area contributed by atoms with Crippen molar-refractivity contribution >= 4 is 17.6 Å². The van der Waals surface area contributed by atoms with E-state index in [9.17, 15) is 9.90 Å². The van der Waals surface area contributed by atoms with Gasteiger partial charge in [-0.3, -0.25) is 9.69 Å². The highest BCUT2D eigenvalue weighted by molar-refractivity contribution is 6.28. The average Bonchev–Trinajstić information content (AvgIpc) is 2.75. The van der Waals surface area contributed by atoms with E-state index in [1.165, 1.54) is 0 Å². The van der Waals surface area contributed by atoms with Crippen molar-refractivity contribution in [1.29, 1.82) is 0 Å². The van der Waals surface area contributed by atoms with E-state index >= 15 is 0 Å². The summed E-state index contributed by atoms with van der Waals surface area (Å²) in [6.07, 6.45) is 1.82. The Hall–Kier alpha value is -1.00. The molecule has 0 amide bonds. The van der Waals surface area contributed by atoms with Gasteiger partial charge in [-0.2, -0.15) is 0 Å². The smallest absolute Gasteiger partial charge is 0.309 e. The molecule has 106 valence electrons. The van der Waals surface area contributed by atoms with E-state index in [0.29, 0.717) is 5.22 Å². The molecule has 0 radical (unpaired) electrons. The van der Waals surface area contributed by atoms with Crippen molar-refractivity contribution < 1.29 is 14.3 Å². The molecule has 0 unspecified atom stereocenters. The maximum atomic E-state index is 11.3. The van der Waals surface area contributed by atoms with Gasteiger partial charge in [0.25, 0.3) is 0 Å². The quantitative estimate of drug-likeness (QED) is 0.922. The summed E-state index contributed by atoms with van der Waals surface area (Å²) in [7, 11) is 0. The maximum Gasteiger partial charge on any atom is 0.309 e. The van der Waals surface area contributed by atoms with Crippen molar-refractivity contribution in [3.63, 3.8) is 0 Å². The molecule has 1 saturated heterocycles. The molecule has 0 atom stereocenters. The van der Waals surface area contributed by atoms with Crippen molar-refractivity contribution in [3.05, 3.63) is 23.1 Å². The third kappa shape index (κ3) is 3.31. The average molecular weight is 286 g/mol. The lowest BCUT2D eigenvalue weighted by Gasteiger charge is -2.38. The summed E-state index contributed by atoms with van der Waals surface area (Å²) in [5, 5.41) is 9.67. The molecule has 1 fully saturated rings. The van der Waals surface area contributed by atoms with Crippen LogP contribution in [-0.2, 0) is 11.3 Å². The lowest BCUT2D eigenvalue weighted by atomic mass is 9.74. The summed E-state index contributed by atoms with van der Waals surface area (Å²) in [6, 6.07) is 3.63. The predicted molar refractivity (Wildman–Crippen MR) is 73.1 cm³/mol. The van der Waals surface area contributed by atoms with Crippen LogP contribution in [0.5, 0.6) is 0 Å². The predicted octanol–water partition coefficient (Wildman–Crippen LogP) is 3.26. The van der Waals surface area contributed by atoms with Crippen LogP contribution in [0.4, 0.5) is 0 Å². The van der Waals surface area contributed by atoms with Crippen LogP contribution in [0.25, 0.3) is 0 Å². The Morgan fingerprint density at radius 1 is 1.47 bits per heavy atom. The summed E-state index contributed by atoms with van der Waals surface area (Å²) in [6.45, 7) is 6.19. The second kappa shape index (κ2) is 5.55. The molecule has 0 spiro atoms. The van der Waals surface area contributed by atoms with Gasteiger partial charge in [0.1, 0.15) is 5.76 Å². The molecule has 4 nitrogen and oxygen atoms in total. The number of carboxylic acid groups (broad SMARTS) is 1. The number of hydrogen-bond donors (Lipinski definition) is 1. The maximum absolute atomic E-state index is 11.3. The number of halogens is 1. The van der Waals surface area contributed by atoms with Crippen molar-refractivity contribution in [2.45, 2.75) is 33.2 Å². The number of rotatable bonds is 4. The van der Waals surface area contributed by atoms with Crippen LogP contribution in [0.1, 0.15) is 32.4 Å².